The number of methoxy groups -OCH3 is 1. The first kappa shape index (κ1) is 25.0. The van der Waals surface area contributed by atoms with Crippen LogP contribution in [0.5, 0.6) is 5.75 Å². The topological polar surface area (TPSA) is 74.2 Å². The summed E-state index contributed by atoms with van der Waals surface area (Å²) in [6, 6.07) is 8.06. The highest BCUT2D eigenvalue weighted by atomic mass is 127. The number of aliphatic imine (C=N–C) groups is 1. The lowest BCUT2D eigenvalue weighted by molar-refractivity contribution is 0.282. The Kier molecular flexibility index (Phi) is 9.01. The Morgan fingerprint density at radius 3 is 2.54 bits per heavy atom. The Bertz CT molecular complexity index is 781. The summed E-state index contributed by atoms with van der Waals surface area (Å²) in [7, 11) is 4.37. The van der Waals surface area contributed by atoms with Crippen molar-refractivity contribution in [1.82, 2.24) is 15.1 Å². The first-order valence-electron chi connectivity index (χ1n) is 9.10. The summed E-state index contributed by atoms with van der Waals surface area (Å²) in [4.78, 5) is 8.53. The van der Waals surface area contributed by atoms with Crippen molar-refractivity contribution in [2.75, 3.05) is 53.6 Å². The van der Waals surface area contributed by atoms with Crippen LogP contribution in [0.3, 0.4) is 0 Å². The molecule has 2 rings (SSSR count). The van der Waals surface area contributed by atoms with E-state index in [4.69, 9.17) is 4.74 Å². The molecule has 1 aromatic carbocycles. The Hall–Kier alpha value is -1.07. The van der Waals surface area contributed by atoms with Gasteiger partial charge in [-0.05, 0) is 34.0 Å². The zero-order valence-corrected chi connectivity index (χ0v) is 20.7. The molecule has 0 radical (unpaired) electrons. The maximum Gasteiger partial charge on any atom is 0.193 e. The molecule has 7 nitrogen and oxygen atoms in total. The predicted octanol–water partition coefficient (Wildman–Crippen LogP) is 2.00. The number of hydrogen-bond donors (Lipinski definition) is 1. The van der Waals surface area contributed by atoms with Gasteiger partial charge in [-0.15, -0.1) is 24.0 Å². The fraction of sp³-hybridized carbons (Fsp3) is 0.632. The predicted molar refractivity (Wildman–Crippen MR) is 126 cm³/mol. The number of hydrogen-bond acceptors (Lipinski definition) is 5. The molecule has 1 N–H and O–H groups in total. The van der Waals surface area contributed by atoms with Crippen LogP contribution in [-0.2, 0) is 9.84 Å². The van der Waals surface area contributed by atoms with Gasteiger partial charge in [-0.2, -0.15) is 0 Å². The third-order valence-corrected chi connectivity index (χ3v) is 7.66. The SMILES string of the molecule is CN=C(NCC(c1ccccc1OC)N(C)C)N1CCS(=O)(=O)C(C)(C)C1.I. The molecule has 9 heteroatoms. The van der Waals surface area contributed by atoms with E-state index in [-0.39, 0.29) is 35.8 Å². The van der Waals surface area contributed by atoms with Crippen LogP contribution in [0.25, 0.3) is 0 Å². The number of ether oxygens (including phenoxy) is 1. The number of nitrogens with one attached hydrogen (secondary N) is 1. The quantitative estimate of drug-likeness (QED) is 0.361. The van der Waals surface area contributed by atoms with Gasteiger partial charge in [0.15, 0.2) is 15.8 Å². The molecule has 0 amide bonds. The summed E-state index contributed by atoms with van der Waals surface area (Å²) in [6.07, 6.45) is 0. The van der Waals surface area contributed by atoms with Crippen molar-refractivity contribution in [2.45, 2.75) is 24.6 Å². The lowest BCUT2D eigenvalue weighted by Crippen LogP contribution is -2.57. The van der Waals surface area contributed by atoms with Crippen molar-refractivity contribution in [2.24, 2.45) is 4.99 Å². The van der Waals surface area contributed by atoms with Crippen LogP contribution >= 0.6 is 24.0 Å². The Morgan fingerprint density at radius 2 is 2.00 bits per heavy atom. The molecule has 1 unspecified atom stereocenters. The maximum atomic E-state index is 12.3. The standard InChI is InChI=1S/C19H32N4O3S.HI/c1-19(2)14-23(11-12-27(19,24)25)18(20-3)21-13-16(22(4)5)15-9-7-8-10-17(15)26-6;/h7-10,16H,11-14H2,1-6H3,(H,20,21);1H. The number of guanidine groups is 1. The van der Waals surface area contributed by atoms with Crippen molar-refractivity contribution >= 4 is 39.8 Å². The number of para-hydroxylation sites is 1. The first-order valence-corrected chi connectivity index (χ1v) is 10.8. The van der Waals surface area contributed by atoms with Gasteiger partial charge in [0.2, 0.25) is 0 Å². The summed E-state index contributed by atoms with van der Waals surface area (Å²) in [5.41, 5.74) is 1.09. The number of sulfone groups is 1. The zero-order valence-electron chi connectivity index (χ0n) is 17.6. The molecule has 1 fully saturated rings. The molecule has 1 aliphatic heterocycles. The molecule has 1 aliphatic rings. The van der Waals surface area contributed by atoms with Gasteiger partial charge in [0.25, 0.3) is 0 Å². The van der Waals surface area contributed by atoms with Crippen molar-refractivity contribution < 1.29 is 13.2 Å². The lowest BCUT2D eigenvalue weighted by Gasteiger charge is -2.39. The van der Waals surface area contributed by atoms with Gasteiger partial charge in [0.05, 0.1) is 23.7 Å². The van der Waals surface area contributed by atoms with Crippen LogP contribution in [-0.4, -0.2) is 82.6 Å². The molecule has 0 bridgehead atoms. The van der Waals surface area contributed by atoms with E-state index in [9.17, 15) is 8.42 Å². The smallest absolute Gasteiger partial charge is 0.193 e. The van der Waals surface area contributed by atoms with Gasteiger partial charge in [0.1, 0.15) is 5.75 Å². The summed E-state index contributed by atoms with van der Waals surface area (Å²) >= 11 is 0. The van der Waals surface area contributed by atoms with E-state index in [0.717, 1.165) is 17.3 Å². The van der Waals surface area contributed by atoms with Gasteiger partial charge in [0, 0.05) is 32.2 Å². The molecule has 0 spiro atoms. The van der Waals surface area contributed by atoms with Crippen molar-refractivity contribution in [3.8, 4) is 5.75 Å². The Labute approximate surface area is 186 Å². The minimum absolute atomic E-state index is 0. The maximum absolute atomic E-state index is 12.3. The molecule has 0 aliphatic carbocycles. The number of halogens is 1. The Balaban J connectivity index is 0.00000392. The average molecular weight is 524 g/mol. The van der Waals surface area contributed by atoms with E-state index in [1.165, 1.54) is 0 Å². The minimum atomic E-state index is -3.08. The molecule has 160 valence electrons. The van der Waals surface area contributed by atoms with Crippen LogP contribution in [0.2, 0.25) is 0 Å². The van der Waals surface area contributed by atoms with Crippen LogP contribution in [0.4, 0.5) is 0 Å². The third-order valence-electron chi connectivity index (χ3n) is 5.13. The van der Waals surface area contributed by atoms with E-state index in [0.29, 0.717) is 19.6 Å². The van der Waals surface area contributed by atoms with Crippen molar-refractivity contribution in [3.63, 3.8) is 0 Å². The second-order valence-corrected chi connectivity index (χ2v) is 10.4. The van der Waals surface area contributed by atoms with Gasteiger partial charge in [-0.25, -0.2) is 8.42 Å². The second-order valence-electron chi connectivity index (χ2n) is 7.65. The highest BCUT2D eigenvalue weighted by Crippen LogP contribution is 2.28. The van der Waals surface area contributed by atoms with Crippen LogP contribution in [0.1, 0.15) is 25.5 Å². The number of nitrogens with zero attached hydrogens (tertiary/aromatic N) is 3. The van der Waals surface area contributed by atoms with Crippen molar-refractivity contribution in [3.05, 3.63) is 29.8 Å². The number of likely N-dealkylation sites (N-methyl/N-ethyl adjacent to an activating group) is 1. The van der Waals surface area contributed by atoms with E-state index in [2.05, 4.69) is 21.3 Å². The summed E-state index contributed by atoms with van der Waals surface area (Å²) < 4.78 is 29.3. The van der Waals surface area contributed by atoms with Gasteiger partial charge in [-0.1, -0.05) is 18.2 Å². The number of rotatable bonds is 5. The molecule has 0 aromatic heterocycles. The van der Waals surface area contributed by atoms with E-state index >= 15 is 0 Å². The second kappa shape index (κ2) is 10.1. The molecular weight excluding hydrogens is 491 g/mol. The minimum Gasteiger partial charge on any atom is -0.496 e. The molecule has 0 saturated carbocycles. The monoisotopic (exact) mass is 524 g/mol. The Morgan fingerprint density at radius 1 is 1.36 bits per heavy atom. The molecule has 1 atom stereocenters. The van der Waals surface area contributed by atoms with Gasteiger partial charge < -0.3 is 19.9 Å². The van der Waals surface area contributed by atoms with E-state index in [1.54, 1.807) is 28.0 Å². The summed E-state index contributed by atoms with van der Waals surface area (Å²) in [5.74, 6) is 1.71. The highest BCUT2D eigenvalue weighted by Gasteiger charge is 2.41. The molecule has 1 aromatic rings. The molecular formula is C19H33IN4O3S. The molecule has 1 saturated heterocycles. The third kappa shape index (κ3) is 5.50. The van der Waals surface area contributed by atoms with Gasteiger partial charge in [-0.3, -0.25) is 4.99 Å². The normalized spacial score (nSPS) is 19.7. The highest BCUT2D eigenvalue weighted by molar-refractivity contribution is 14.0. The lowest BCUT2D eigenvalue weighted by atomic mass is 10.0. The first-order chi connectivity index (χ1) is 12.6. The summed E-state index contributed by atoms with van der Waals surface area (Å²) in [6.45, 7) is 5.06. The summed E-state index contributed by atoms with van der Waals surface area (Å²) in [5, 5.41) is 3.42. The molecule has 1 heterocycles. The zero-order chi connectivity index (χ0) is 20.2. The fourth-order valence-corrected chi connectivity index (χ4v) is 4.72. The van der Waals surface area contributed by atoms with Crippen LogP contribution < -0.4 is 10.1 Å². The van der Waals surface area contributed by atoms with Crippen LogP contribution in [0.15, 0.2) is 29.3 Å². The fourth-order valence-electron chi connectivity index (χ4n) is 3.36. The average Bonchev–Trinajstić information content (AvgIpc) is 2.61. The number of benzene rings is 1. The van der Waals surface area contributed by atoms with E-state index < -0.39 is 14.6 Å². The van der Waals surface area contributed by atoms with Gasteiger partial charge >= 0.3 is 0 Å². The van der Waals surface area contributed by atoms with Crippen LogP contribution in [0, 0.1) is 0 Å². The van der Waals surface area contributed by atoms with Crippen molar-refractivity contribution in [1.29, 1.82) is 0 Å². The largest absolute Gasteiger partial charge is 0.496 e. The van der Waals surface area contributed by atoms with E-state index in [1.807, 2.05) is 37.2 Å². The molecule has 28 heavy (non-hydrogen) atoms.